The first-order chi connectivity index (χ1) is 7.93. The lowest BCUT2D eigenvalue weighted by molar-refractivity contribution is 0.561. The van der Waals surface area contributed by atoms with Crippen molar-refractivity contribution in [2.24, 2.45) is 11.7 Å². The molecule has 0 aliphatic carbocycles. The van der Waals surface area contributed by atoms with Crippen molar-refractivity contribution in [3.63, 3.8) is 0 Å². The van der Waals surface area contributed by atoms with Crippen LogP contribution in [0.1, 0.15) is 39.7 Å². The molecule has 1 rings (SSSR count). The molecule has 0 aromatic heterocycles. The molecule has 0 radical (unpaired) electrons. The van der Waals surface area contributed by atoms with Crippen LogP contribution in [0.3, 0.4) is 0 Å². The Morgan fingerprint density at radius 1 is 1.18 bits per heavy atom. The number of rotatable bonds is 5. The van der Waals surface area contributed by atoms with Crippen LogP contribution in [0.15, 0.2) is 24.3 Å². The summed E-state index contributed by atoms with van der Waals surface area (Å²) >= 11 is 0. The van der Waals surface area contributed by atoms with Gasteiger partial charge in [0.1, 0.15) is 0 Å². The summed E-state index contributed by atoms with van der Waals surface area (Å²) in [5, 5.41) is 3.43. The fourth-order valence-electron chi connectivity index (χ4n) is 1.67. The second kappa shape index (κ2) is 6.06. The van der Waals surface area contributed by atoms with Crippen LogP contribution in [0.2, 0.25) is 0 Å². The second-order valence-corrected chi connectivity index (χ2v) is 5.88. The Bertz CT molecular complexity index is 322. The molecule has 2 heteroatoms. The number of nitrogens with one attached hydrogen (secondary N) is 1. The molecular weight excluding hydrogens is 208 g/mol. The third-order valence-corrected chi connectivity index (χ3v) is 3.12. The minimum absolute atomic E-state index is 0.229. The monoisotopic (exact) mass is 234 g/mol. The van der Waals surface area contributed by atoms with E-state index in [-0.39, 0.29) is 5.41 Å². The van der Waals surface area contributed by atoms with Gasteiger partial charge in [-0.25, -0.2) is 0 Å². The molecule has 0 spiro atoms. The van der Waals surface area contributed by atoms with Crippen molar-refractivity contribution in [3.05, 3.63) is 29.8 Å². The van der Waals surface area contributed by atoms with Gasteiger partial charge in [-0.05, 0) is 42.0 Å². The SMILES string of the molecule is CC(CN)CCNc1ccc(C(C)(C)C)cc1. The Morgan fingerprint density at radius 3 is 2.24 bits per heavy atom. The maximum atomic E-state index is 5.59. The lowest BCUT2D eigenvalue weighted by atomic mass is 9.87. The van der Waals surface area contributed by atoms with E-state index in [0.717, 1.165) is 19.5 Å². The lowest BCUT2D eigenvalue weighted by Crippen LogP contribution is -2.15. The molecule has 1 atom stereocenters. The van der Waals surface area contributed by atoms with Gasteiger partial charge in [0.2, 0.25) is 0 Å². The smallest absolute Gasteiger partial charge is 0.0340 e. The summed E-state index contributed by atoms with van der Waals surface area (Å²) in [5.74, 6) is 0.594. The van der Waals surface area contributed by atoms with E-state index >= 15 is 0 Å². The zero-order valence-corrected chi connectivity index (χ0v) is 11.6. The molecule has 0 amide bonds. The molecule has 0 saturated heterocycles. The van der Waals surface area contributed by atoms with E-state index in [2.05, 4.69) is 57.3 Å². The van der Waals surface area contributed by atoms with Gasteiger partial charge in [0, 0.05) is 12.2 Å². The average Bonchev–Trinajstić information content (AvgIpc) is 2.28. The normalized spacial score (nSPS) is 13.5. The molecule has 17 heavy (non-hydrogen) atoms. The topological polar surface area (TPSA) is 38.0 Å². The highest BCUT2D eigenvalue weighted by molar-refractivity contribution is 5.45. The molecule has 1 unspecified atom stereocenters. The number of hydrogen-bond acceptors (Lipinski definition) is 2. The summed E-state index contributed by atoms with van der Waals surface area (Å²) < 4.78 is 0. The van der Waals surface area contributed by atoms with Gasteiger partial charge in [0.05, 0.1) is 0 Å². The molecule has 0 aliphatic heterocycles. The molecule has 0 heterocycles. The van der Waals surface area contributed by atoms with Crippen LogP contribution in [-0.2, 0) is 5.41 Å². The number of hydrogen-bond donors (Lipinski definition) is 2. The summed E-state index contributed by atoms with van der Waals surface area (Å²) in [6.45, 7) is 10.7. The first-order valence-corrected chi connectivity index (χ1v) is 6.48. The molecular formula is C15H26N2. The Hall–Kier alpha value is -1.02. The first-order valence-electron chi connectivity index (χ1n) is 6.48. The zero-order valence-electron chi connectivity index (χ0n) is 11.6. The second-order valence-electron chi connectivity index (χ2n) is 5.88. The van der Waals surface area contributed by atoms with E-state index < -0.39 is 0 Å². The van der Waals surface area contributed by atoms with E-state index in [9.17, 15) is 0 Å². The Morgan fingerprint density at radius 2 is 1.76 bits per heavy atom. The molecule has 0 aliphatic rings. The minimum Gasteiger partial charge on any atom is -0.385 e. The van der Waals surface area contributed by atoms with Crippen LogP contribution in [0.25, 0.3) is 0 Å². The standard InChI is InChI=1S/C15H26N2/c1-12(11-16)9-10-17-14-7-5-13(6-8-14)15(2,3)4/h5-8,12,17H,9-11,16H2,1-4H3. The van der Waals surface area contributed by atoms with Crippen LogP contribution in [-0.4, -0.2) is 13.1 Å². The van der Waals surface area contributed by atoms with E-state index in [4.69, 9.17) is 5.73 Å². The summed E-state index contributed by atoms with van der Waals surface area (Å²) in [7, 11) is 0. The molecule has 0 fully saturated rings. The van der Waals surface area contributed by atoms with E-state index in [1.165, 1.54) is 11.3 Å². The quantitative estimate of drug-likeness (QED) is 0.819. The highest BCUT2D eigenvalue weighted by Crippen LogP contribution is 2.23. The average molecular weight is 234 g/mol. The molecule has 1 aromatic carbocycles. The number of benzene rings is 1. The van der Waals surface area contributed by atoms with Crippen molar-refractivity contribution in [2.45, 2.75) is 39.5 Å². The van der Waals surface area contributed by atoms with Crippen molar-refractivity contribution in [1.82, 2.24) is 0 Å². The lowest BCUT2D eigenvalue weighted by Gasteiger charge is -2.19. The van der Waals surface area contributed by atoms with E-state index in [1.807, 2.05) is 0 Å². The fourth-order valence-corrected chi connectivity index (χ4v) is 1.67. The number of nitrogens with two attached hydrogens (primary N) is 1. The van der Waals surface area contributed by atoms with Crippen molar-refractivity contribution >= 4 is 5.69 Å². The van der Waals surface area contributed by atoms with Gasteiger partial charge in [-0.1, -0.05) is 39.8 Å². The summed E-state index contributed by atoms with van der Waals surface area (Å²) in [6.07, 6.45) is 1.12. The Balaban J connectivity index is 2.46. The van der Waals surface area contributed by atoms with Gasteiger partial charge in [-0.3, -0.25) is 0 Å². The van der Waals surface area contributed by atoms with Crippen molar-refractivity contribution in [3.8, 4) is 0 Å². The van der Waals surface area contributed by atoms with Gasteiger partial charge < -0.3 is 11.1 Å². The van der Waals surface area contributed by atoms with Gasteiger partial charge in [0.25, 0.3) is 0 Å². The van der Waals surface area contributed by atoms with Crippen LogP contribution < -0.4 is 11.1 Å². The Labute approximate surface area is 106 Å². The third kappa shape index (κ3) is 4.78. The van der Waals surface area contributed by atoms with Crippen molar-refractivity contribution in [2.75, 3.05) is 18.4 Å². The zero-order chi connectivity index (χ0) is 12.9. The molecule has 0 bridgehead atoms. The first kappa shape index (κ1) is 14.0. The molecule has 3 N–H and O–H groups in total. The molecule has 96 valence electrons. The van der Waals surface area contributed by atoms with Crippen molar-refractivity contribution < 1.29 is 0 Å². The maximum Gasteiger partial charge on any atom is 0.0340 e. The predicted octanol–water partition coefficient (Wildman–Crippen LogP) is 3.38. The van der Waals surface area contributed by atoms with Crippen LogP contribution >= 0.6 is 0 Å². The largest absolute Gasteiger partial charge is 0.385 e. The van der Waals surface area contributed by atoms with Crippen LogP contribution in [0.4, 0.5) is 5.69 Å². The van der Waals surface area contributed by atoms with Gasteiger partial charge in [0.15, 0.2) is 0 Å². The highest BCUT2D eigenvalue weighted by Gasteiger charge is 2.12. The van der Waals surface area contributed by atoms with Gasteiger partial charge >= 0.3 is 0 Å². The van der Waals surface area contributed by atoms with Gasteiger partial charge in [-0.15, -0.1) is 0 Å². The van der Waals surface area contributed by atoms with Gasteiger partial charge in [-0.2, -0.15) is 0 Å². The predicted molar refractivity (Wildman–Crippen MR) is 76.5 cm³/mol. The van der Waals surface area contributed by atoms with Crippen LogP contribution in [0.5, 0.6) is 0 Å². The minimum atomic E-state index is 0.229. The highest BCUT2D eigenvalue weighted by atomic mass is 14.9. The van der Waals surface area contributed by atoms with Crippen molar-refractivity contribution in [1.29, 1.82) is 0 Å². The fraction of sp³-hybridized carbons (Fsp3) is 0.600. The summed E-state index contributed by atoms with van der Waals surface area (Å²) in [6, 6.07) is 8.73. The molecule has 2 nitrogen and oxygen atoms in total. The van der Waals surface area contributed by atoms with E-state index in [1.54, 1.807) is 0 Å². The van der Waals surface area contributed by atoms with Crippen LogP contribution in [0, 0.1) is 5.92 Å². The maximum absolute atomic E-state index is 5.59. The molecule has 1 aromatic rings. The molecule has 0 saturated carbocycles. The third-order valence-electron chi connectivity index (χ3n) is 3.12. The van der Waals surface area contributed by atoms with E-state index in [0.29, 0.717) is 5.92 Å². The summed E-state index contributed by atoms with van der Waals surface area (Å²) in [5.41, 5.74) is 8.39. The summed E-state index contributed by atoms with van der Waals surface area (Å²) in [4.78, 5) is 0. The number of anilines is 1. The Kier molecular flexibility index (Phi) is 5.01.